The zero-order valence-corrected chi connectivity index (χ0v) is 17.4. The van der Waals surface area contributed by atoms with Crippen molar-refractivity contribution in [3.8, 4) is 0 Å². The molecule has 0 aliphatic rings. The van der Waals surface area contributed by atoms with Gasteiger partial charge in [-0.2, -0.15) is 0 Å². The minimum atomic E-state index is -0.499. The number of aromatic amines is 1. The van der Waals surface area contributed by atoms with Gasteiger partial charge in [0.15, 0.2) is 5.16 Å². The van der Waals surface area contributed by atoms with Gasteiger partial charge in [0.1, 0.15) is 17.5 Å². The Kier molecular flexibility index (Phi) is 6.08. The monoisotopic (exact) mass is 438 g/mol. The first-order chi connectivity index (χ1) is 15.0. The molecule has 0 fully saturated rings. The molecule has 4 aromatic rings. The van der Waals surface area contributed by atoms with Gasteiger partial charge >= 0.3 is 0 Å². The number of H-pyrrole nitrogens is 1. The number of carbonyl (C=O) groups is 1. The van der Waals surface area contributed by atoms with Gasteiger partial charge in [0.2, 0.25) is 5.91 Å². The Hall–Kier alpha value is -3.53. The highest BCUT2D eigenvalue weighted by Gasteiger charge is 2.16. The van der Waals surface area contributed by atoms with Gasteiger partial charge in [-0.05, 0) is 31.2 Å². The summed E-state index contributed by atoms with van der Waals surface area (Å²) < 4.78 is 15.6. The molecule has 8 nitrogen and oxygen atoms in total. The first-order valence-electron chi connectivity index (χ1n) is 9.62. The molecule has 2 heterocycles. The van der Waals surface area contributed by atoms with Gasteiger partial charge in [0.05, 0.1) is 28.8 Å². The van der Waals surface area contributed by atoms with E-state index in [9.17, 15) is 14.0 Å². The summed E-state index contributed by atoms with van der Waals surface area (Å²) in [5.74, 6) is 0.502. The number of para-hydroxylation sites is 2. The van der Waals surface area contributed by atoms with E-state index in [0.717, 1.165) is 0 Å². The van der Waals surface area contributed by atoms with Crippen LogP contribution in [-0.4, -0.2) is 30.6 Å². The molecule has 0 aliphatic heterocycles. The number of halogens is 1. The molecule has 158 valence electrons. The van der Waals surface area contributed by atoms with E-state index in [0.29, 0.717) is 40.0 Å². The fraction of sp³-hybridized carbons (Fsp3) is 0.190. The normalized spacial score (nSPS) is 11.0. The maximum absolute atomic E-state index is 13.7. The van der Waals surface area contributed by atoms with Crippen LogP contribution in [0.15, 0.2) is 58.5 Å². The standard InChI is InChI=1S/C21H19FN6O2S/c1-2-28-18(11-19(29)24-16-10-6-4-8-14(16)22)26-27-21(28)31-12-17-23-15-9-5-3-7-13(15)20(30)25-17/h3-10H,2,11-12H2,1H3,(H,24,29)(H,23,25,30). The maximum Gasteiger partial charge on any atom is 0.258 e. The summed E-state index contributed by atoms with van der Waals surface area (Å²) in [5.41, 5.74) is 0.559. The van der Waals surface area contributed by atoms with Crippen LogP contribution in [0.1, 0.15) is 18.6 Å². The van der Waals surface area contributed by atoms with Crippen LogP contribution in [0.5, 0.6) is 0 Å². The van der Waals surface area contributed by atoms with Crippen LogP contribution in [0, 0.1) is 5.82 Å². The van der Waals surface area contributed by atoms with Crippen LogP contribution in [0.25, 0.3) is 10.9 Å². The highest BCUT2D eigenvalue weighted by Crippen LogP contribution is 2.21. The maximum atomic E-state index is 13.7. The number of nitrogens with zero attached hydrogens (tertiary/aromatic N) is 4. The number of thioether (sulfide) groups is 1. The van der Waals surface area contributed by atoms with Crippen molar-refractivity contribution in [2.45, 2.75) is 30.8 Å². The lowest BCUT2D eigenvalue weighted by Crippen LogP contribution is -2.18. The highest BCUT2D eigenvalue weighted by atomic mass is 32.2. The molecule has 0 saturated heterocycles. The molecule has 0 saturated carbocycles. The lowest BCUT2D eigenvalue weighted by Gasteiger charge is -2.08. The molecule has 2 N–H and O–H groups in total. The molecule has 2 aromatic carbocycles. The number of anilines is 1. The van der Waals surface area contributed by atoms with E-state index in [1.54, 1.807) is 30.3 Å². The van der Waals surface area contributed by atoms with E-state index in [4.69, 9.17) is 0 Å². The lowest BCUT2D eigenvalue weighted by molar-refractivity contribution is -0.115. The quantitative estimate of drug-likeness (QED) is 0.430. The minimum absolute atomic E-state index is 0.0409. The van der Waals surface area contributed by atoms with E-state index < -0.39 is 5.82 Å². The second-order valence-electron chi connectivity index (χ2n) is 6.67. The van der Waals surface area contributed by atoms with Crippen molar-refractivity contribution < 1.29 is 9.18 Å². The zero-order chi connectivity index (χ0) is 21.8. The number of rotatable bonds is 7. The number of nitrogens with one attached hydrogen (secondary N) is 2. The number of hydrogen-bond acceptors (Lipinski definition) is 6. The Morgan fingerprint density at radius 2 is 1.94 bits per heavy atom. The molecule has 0 atom stereocenters. The van der Waals surface area contributed by atoms with Gasteiger partial charge < -0.3 is 14.9 Å². The smallest absolute Gasteiger partial charge is 0.258 e. The van der Waals surface area contributed by atoms with Gasteiger partial charge in [0.25, 0.3) is 5.56 Å². The predicted octanol–water partition coefficient (Wildman–Crippen LogP) is 3.15. The third-order valence-corrected chi connectivity index (χ3v) is 5.55. The Morgan fingerprint density at radius 3 is 2.74 bits per heavy atom. The fourth-order valence-electron chi connectivity index (χ4n) is 3.11. The van der Waals surface area contributed by atoms with Crippen LogP contribution in [0.2, 0.25) is 0 Å². The molecule has 0 spiro atoms. The largest absolute Gasteiger partial charge is 0.323 e. The highest BCUT2D eigenvalue weighted by molar-refractivity contribution is 7.98. The number of amides is 1. The first-order valence-corrected chi connectivity index (χ1v) is 10.6. The molecule has 1 amide bonds. The van der Waals surface area contributed by atoms with Crippen molar-refractivity contribution in [2.75, 3.05) is 5.32 Å². The Labute approximate surface area is 180 Å². The third kappa shape index (κ3) is 4.64. The Balaban J connectivity index is 1.46. The summed E-state index contributed by atoms with van der Waals surface area (Å²) in [7, 11) is 0. The Bertz CT molecular complexity index is 1300. The molecule has 0 bridgehead atoms. The van der Waals surface area contributed by atoms with Crippen LogP contribution >= 0.6 is 11.8 Å². The number of carbonyl (C=O) groups excluding carboxylic acids is 1. The Morgan fingerprint density at radius 1 is 1.16 bits per heavy atom. The van der Waals surface area contributed by atoms with E-state index in [1.807, 2.05) is 17.6 Å². The van der Waals surface area contributed by atoms with Crippen molar-refractivity contribution in [3.63, 3.8) is 0 Å². The molecule has 0 unspecified atom stereocenters. The second kappa shape index (κ2) is 9.09. The minimum Gasteiger partial charge on any atom is -0.323 e. The van der Waals surface area contributed by atoms with Gasteiger partial charge in [0, 0.05) is 6.54 Å². The summed E-state index contributed by atoms with van der Waals surface area (Å²) in [6, 6.07) is 13.1. The van der Waals surface area contributed by atoms with Crippen LogP contribution < -0.4 is 10.9 Å². The first kappa shape index (κ1) is 20.7. The van der Waals surface area contributed by atoms with Crippen LogP contribution in [-0.2, 0) is 23.5 Å². The van der Waals surface area contributed by atoms with Gasteiger partial charge in [-0.3, -0.25) is 9.59 Å². The lowest BCUT2D eigenvalue weighted by atomic mass is 10.2. The zero-order valence-electron chi connectivity index (χ0n) is 16.6. The number of benzene rings is 2. The topological polar surface area (TPSA) is 106 Å². The summed E-state index contributed by atoms with van der Waals surface area (Å²) in [4.78, 5) is 31.8. The van der Waals surface area contributed by atoms with E-state index >= 15 is 0 Å². The van der Waals surface area contributed by atoms with Crippen molar-refractivity contribution in [2.24, 2.45) is 0 Å². The summed E-state index contributed by atoms with van der Waals surface area (Å²) >= 11 is 1.36. The second-order valence-corrected chi connectivity index (χ2v) is 7.61. The molecule has 10 heteroatoms. The van der Waals surface area contributed by atoms with Crippen molar-refractivity contribution >= 4 is 34.3 Å². The molecule has 4 rings (SSSR count). The van der Waals surface area contributed by atoms with Crippen LogP contribution in [0.3, 0.4) is 0 Å². The summed E-state index contributed by atoms with van der Waals surface area (Å²) in [6.45, 7) is 2.47. The molecule has 2 aromatic heterocycles. The number of aromatic nitrogens is 5. The van der Waals surface area contributed by atoms with Crippen molar-refractivity contribution in [3.05, 3.63) is 76.4 Å². The molecule has 0 radical (unpaired) electrons. The van der Waals surface area contributed by atoms with E-state index in [-0.39, 0.29) is 23.6 Å². The van der Waals surface area contributed by atoms with Crippen molar-refractivity contribution in [1.82, 2.24) is 24.7 Å². The average Bonchev–Trinajstić information content (AvgIpc) is 3.15. The number of fused-ring (bicyclic) bond motifs is 1. The molecular weight excluding hydrogens is 419 g/mol. The van der Waals surface area contributed by atoms with Gasteiger partial charge in [-0.25, -0.2) is 9.37 Å². The molecule has 0 aliphatic carbocycles. The third-order valence-electron chi connectivity index (χ3n) is 4.58. The van der Waals surface area contributed by atoms with E-state index in [2.05, 4.69) is 25.5 Å². The molecule has 31 heavy (non-hydrogen) atoms. The van der Waals surface area contributed by atoms with Crippen molar-refractivity contribution in [1.29, 1.82) is 0 Å². The van der Waals surface area contributed by atoms with Gasteiger partial charge in [-0.1, -0.05) is 36.0 Å². The van der Waals surface area contributed by atoms with Gasteiger partial charge in [-0.15, -0.1) is 10.2 Å². The molecular formula is C21H19FN6O2S. The summed E-state index contributed by atoms with van der Waals surface area (Å²) in [5, 5.41) is 12.0. The van der Waals surface area contributed by atoms with Crippen LogP contribution in [0.4, 0.5) is 10.1 Å². The SMILES string of the molecule is CCn1c(CC(=O)Nc2ccccc2F)nnc1SCc1nc2ccccc2c(=O)[nH]1. The predicted molar refractivity (Wildman–Crippen MR) is 116 cm³/mol. The number of hydrogen-bond donors (Lipinski definition) is 2. The van der Waals surface area contributed by atoms with E-state index in [1.165, 1.54) is 23.9 Å². The average molecular weight is 438 g/mol. The fourth-order valence-corrected chi connectivity index (χ4v) is 4.00. The summed E-state index contributed by atoms with van der Waals surface area (Å²) in [6.07, 6.45) is -0.0409.